The van der Waals surface area contributed by atoms with Gasteiger partial charge in [0, 0.05) is 6.54 Å². The van der Waals surface area contributed by atoms with Crippen LogP contribution in [0.25, 0.3) is 0 Å². The lowest BCUT2D eigenvalue weighted by Gasteiger charge is -2.43. The molecule has 102 valence electrons. The van der Waals surface area contributed by atoms with E-state index in [2.05, 4.69) is 0 Å². The van der Waals surface area contributed by atoms with Crippen molar-refractivity contribution in [3.05, 3.63) is 0 Å². The van der Waals surface area contributed by atoms with Crippen LogP contribution in [0.4, 0.5) is 0 Å². The number of ether oxygens (including phenoxy) is 2. The van der Waals surface area contributed by atoms with Gasteiger partial charge in [0.05, 0.1) is 18.8 Å². The minimum Gasteiger partial charge on any atom is -0.479 e. The number of carbonyl (C=O) groups excluding carboxylic acids is 1. The molecule has 0 radical (unpaired) electrons. The van der Waals surface area contributed by atoms with Crippen LogP contribution in [0.3, 0.4) is 0 Å². The predicted molar refractivity (Wildman–Crippen MR) is 62.1 cm³/mol. The van der Waals surface area contributed by atoms with Crippen LogP contribution in [0, 0.1) is 0 Å². The van der Waals surface area contributed by atoms with Gasteiger partial charge in [0.15, 0.2) is 6.10 Å². The first-order valence-electron chi connectivity index (χ1n) is 6.19. The Morgan fingerprint density at radius 1 is 1.28 bits per heavy atom. The van der Waals surface area contributed by atoms with Crippen molar-refractivity contribution in [3.8, 4) is 0 Å². The van der Waals surface area contributed by atoms with Crippen molar-refractivity contribution in [3.63, 3.8) is 0 Å². The molecule has 0 saturated carbocycles. The van der Waals surface area contributed by atoms with E-state index in [1.54, 1.807) is 4.90 Å². The molecule has 0 bridgehead atoms. The van der Waals surface area contributed by atoms with Crippen LogP contribution in [0.15, 0.2) is 0 Å². The molecule has 0 aromatic rings. The summed E-state index contributed by atoms with van der Waals surface area (Å²) < 4.78 is 10.7. The van der Waals surface area contributed by atoms with E-state index in [0.29, 0.717) is 32.6 Å². The molecule has 2 fully saturated rings. The summed E-state index contributed by atoms with van der Waals surface area (Å²) >= 11 is 0. The molecule has 1 amide bonds. The molecule has 2 aliphatic heterocycles. The third kappa shape index (κ3) is 2.49. The van der Waals surface area contributed by atoms with Gasteiger partial charge in [0.1, 0.15) is 6.10 Å². The second kappa shape index (κ2) is 4.85. The summed E-state index contributed by atoms with van der Waals surface area (Å²) in [6.45, 7) is 5.42. The van der Waals surface area contributed by atoms with Crippen molar-refractivity contribution in [2.45, 2.75) is 44.4 Å². The lowest BCUT2D eigenvalue weighted by atomic mass is 10.0. The normalized spacial score (nSPS) is 31.3. The Kier molecular flexibility index (Phi) is 3.59. The number of aliphatic carboxylic acids is 1. The summed E-state index contributed by atoms with van der Waals surface area (Å²) in [5.41, 5.74) is -0.361. The first-order chi connectivity index (χ1) is 8.42. The number of carbonyl (C=O) groups is 2. The third-order valence-corrected chi connectivity index (χ3v) is 3.48. The number of carboxylic acid groups (broad SMARTS) is 1. The number of hydrogen-bond donors (Lipinski definition) is 1. The minimum atomic E-state index is -0.994. The maximum atomic E-state index is 12.3. The lowest BCUT2D eigenvalue weighted by Crippen LogP contribution is -2.58. The lowest BCUT2D eigenvalue weighted by molar-refractivity contribution is -0.162. The van der Waals surface area contributed by atoms with Crippen molar-refractivity contribution in [2.24, 2.45) is 0 Å². The van der Waals surface area contributed by atoms with Gasteiger partial charge in [-0.25, -0.2) is 4.79 Å². The van der Waals surface area contributed by atoms with E-state index < -0.39 is 18.2 Å². The topological polar surface area (TPSA) is 76.1 Å². The number of rotatable bonds is 2. The van der Waals surface area contributed by atoms with Gasteiger partial charge in [-0.1, -0.05) is 0 Å². The molecule has 0 unspecified atom stereocenters. The van der Waals surface area contributed by atoms with Gasteiger partial charge in [-0.05, 0) is 26.7 Å². The Labute approximate surface area is 106 Å². The maximum absolute atomic E-state index is 12.3. The number of hydrogen-bond acceptors (Lipinski definition) is 4. The standard InChI is InChI=1S/C12H19NO5/c1-12(2)7-17-6-5-13(12)10(14)8-3-4-9(18-8)11(15)16/h8-9H,3-7H2,1-2H3,(H,15,16)/t8-,9+/m0/s1. The molecule has 0 aliphatic carbocycles. The van der Waals surface area contributed by atoms with E-state index in [1.165, 1.54) is 0 Å². The van der Waals surface area contributed by atoms with E-state index in [-0.39, 0.29) is 11.4 Å². The number of morpholine rings is 1. The minimum absolute atomic E-state index is 0.118. The van der Waals surface area contributed by atoms with Crippen molar-refractivity contribution in [1.29, 1.82) is 0 Å². The molecule has 2 rings (SSSR count). The molecule has 0 aromatic heterocycles. The molecule has 6 heteroatoms. The Morgan fingerprint density at radius 2 is 1.94 bits per heavy atom. The highest BCUT2D eigenvalue weighted by Gasteiger charge is 2.41. The van der Waals surface area contributed by atoms with Crippen LogP contribution in [0.5, 0.6) is 0 Å². The fourth-order valence-electron chi connectivity index (χ4n) is 2.44. The zero-order chi connectivity index (χ0) is 13.3. The zero-order valence-corrected chi connectivity index (χ0v) is 10.7. The summed E-state index contributed by atoms with van der Waals surface area (Å²) in [5.74, 6) is -1.11. The Morgan fingerprint density at radius 3 is 2.50 bits per heavy atom. The second-order valence-corrected chi connectivity index (χ2v) is 5.38. The number of amides is 1. The number of nitrogens with zero attached hydrogens (tertiary/aromatic N) is 1. The maximum Gasteiger partial charge on any atom is 0.332 e. The number of carboxylic acids is 1. The fraction of sp³-hybridized carbons (Fsp3) is 0.833. The van der Waals surface area contributed by atoms with Gasteiger partial charge in [-0.2, -0.15) is 0 Å². The molecule has 2 heterocycles. The van der Waals surface area contributed by atoms with Gasteiger partial charge in [0.25, 0.3) is 5.91 Å². The first-order valence-corrected chi connectivity index (χ1v) is 6.19. The van der Waals surface area contributed by atoms with Gasteiger partial charge in [-0.3, -0.25) is 4.79 Å². The molecule has 18 heavy (non-hydrogen) atoms. The predicted octanol–water partition coefficient (Wildman–Crippen LogP) is 0.256. The van der Waals surface area contributed by atoms with E-state index in [1.807, 2.05) is 13.8 Å². The summed E-state index contributed by atoms with van der Waals surface area (Å²) in [6.07, 6.45) is -0.591. The average Bonchev–Trinajstić information content (AvgIpc) is 2.77. The smallest absolute Gasteiger partial charge is 0.332 e. The summed E-state index contributed by atoms with van der Waals surface area (Å²) in [4.78, 5) is 24.9. The molecule has 0 spiro atoms. The highest BCUT2D eigenvalue weighted by Crippen LogP contribution is 2.26. The second-order valence-electron chi connectivity index (χ2n) is 5.38. The first kappa shape index (κ1) is 13.3. The summed E-state index contributed by atoms with van der Waals surface area (Å²) in [5, 5.41) is 8.86. The van der Waals surface area contributed by atoms with Crippen LogP contribution in [0.1, 0.15) is 26.7 Å². The molecule has 0 aromatic carbocycles. The van der Waals surface area contributed by atoms with Crippen LogP contribution in [0.2, 0.25) is 0 Å². The molecule has 1 N–H and O–H groups in total. The van der Waals surface area contributed by atoms with Crippen LogP contribution < -0.4 is 0 Å². The van der Waals surface area contributed by atoms with Crippen LogP contribution in [-0.4, -0.2) is 59.4 Å². The highest BCUT2D eigenvalue weighted by molar-refractivity contribution is 5.83. The largest absolute Gasteiger partial charge is 0.479 e. The van der Waals surface area contributed by atoms with E-state index >= 15 is 0 Å². The summed E-state index contributed by atoms with van der Waals surface area (Å²) in [6, 6.07) is 0. The molecular formula is C12H19NO5. The van der Waals surface area contributed by atoms with E-state index in [9.17, 15) is 9.59 Å². The third-order valence-electron chi connectivity index (χ3n) is 3.48. The van der Waals surface area contributed by atoms with Crippen molar-refractivity contribution in [2.75, 3.05) is 19.8 Å². The van der Waals surface area contributed by atoms with E-state index in [4.69, 9.17) is 14.6 Å². The van der Waals surface area contributed by atoms with Gasteiger partial charge in [0.2, 0.25) is 0 Å². The zero-order valence-electron chi connectivity index (χ0n) is 10.7. The summed E-state index contributed by atoms with van der Waals surface area (Å²) in [7, 11) is 0. The fourth-order valence-corrected chi connectivity index (χ4v) is 2.44. The monoisotopic (exact) mass is 257 g/mol. The molecule has 6 nitrogen and oxygen atoms in total. The van der Waals surface area contributed by atoms with Gasteiger partial charge >= 0.3 is 5.97 Å². The van der Waals surface area contributed by atoms with Crippen LogP contribution >= 0.6 is 0 Å². The average molecular weight is 257 g/mol. The molecular weight excluding hydrogens is 238 g/mol. The van der Waals surface area contributed by atoms with Gasteiger partial charge < -0.3 is 19.5 Å². The highest BCUT2D eigenvalue weighted by atomic mass is 16.5. The molecule has 2 aliphatic rings. The van der Waals surface area contributed by atoms with Crippen LogP contribution in [-0.2, 0) is 19.1 Å². The van der Waals surface area contributed by atoms with Crippen molar-refractivity contribution >= 4 is 11.9 Å². The molecule has 2 atom stereocenters. The quantitative estimate of drug-likeness (QED) is 0.767. The van der Waals surface area contributed by atoms with Crippen molar-refractivity contribution in [1.82, 2.24) is 4.90 Å². The Hall–Kier alpha value is -1.14. The molecule has 2 saturated heterocycles. The van der Waals surface area contributed by atoms with Gasteiger partial charge in [-0.15, -0.1) is 0 Å². The Bertz CT molecular complexity index is 354. The SMILES string of the molecule is CC1(C)COCCN1C(=O)[C@@H]1CC[C@H](C(=O)O)O1. The van der Waals surface area contributed by atoms with E-state index in [0.717, 1.165) is 0 Å². The van der Waals surface area contributed by atoms with Crippen molar-refractivity contribution < 1.29 is 24.2 Å². The Balaban J connectivity index is 2.01.